The highest BCUT2D eigenvalue weighted by Crippen LogP contribution is 2.38. The molecule has 0 spiro atoms. The highest BCUT2D eigenvalue weighted by Gasteiger charge is 2.32. The molecule has 3 aliphatic heterocycles. The summed E-state index contributed by atoms with van der Waals surface area (Å²) in [6.45, 7) is 5.39. The Kier molecular flexibility index (Phi) is 6.14. The Morgan fingerprint density at radius 1 is 1.00 bits per heavy atom. The van der Waals surface area contributed by atoms with E-state index in [-0.39, 0.29) is 11.7 Å². The van der Waals surface area contributed by atoms with Gasteiger partial charge in [-0.25, -0.2) is 0 Å². The molecule has 1 atom stereocenters. The predicted molar refractivity (Wildman–Crippen MR) is 128 cm³/mol. The van der Waals surface area contributed by atoms with Crippen molar-refractivity contribution in [1.82, 2.24) is 4.90 Å². The van der Waals surface area contributed by atoms with Gasteiger partial charge in [0.2, 0.25) is 5.91 Å². The van der Waals surface area contributed by atoms with Crippen LogP contribution in [0.3, 0.4) is 0 Å². The maximum absolute atomic E-state index is 13.0. The highest BCUT2D eigenvalue weighted by atomic mass is 16.2. The van der Waals surface area contributed by atoms with E-state index in [9.17, 15) is 9.59 Å². The van der Waals surface area contributed by atoms with Gasteiger partial charge < -0.3 is 9.80 Å². The smallest absolute Gasteiger partial charge is 0.227 e. The summed E-state index contributed by atoms with van der Waals surface area (Å²) in [5, 5.41) is 0. The second-order valence-corrected chi connectivity index (χ2v) is 9.92. The van der Waals surface area contributed by atoms with Crippen LogP contribution in [0.15, 0.2) is 42.5 Å². The van der Waals surface area contributed by atoms with Gasteiger partial charge in [-0.15, -0.1) is 0 Å². The molecule has 0 saturated carbocycles. The Morgan fingerprint density at radius 3 is 2.47 bits per heavy atom. The largest absolute Gasteiger partial charge is 0.312 e. The fourth-order valence-corrected chi connectivity index (χ4v) is 5.87. The van der Waals surface area contributed by atoms with Crippen LogP contribution in [0.2, 0.25) is 0 Å². The van der Waals surface area contributed by atoms with Gasteiger partial charge in [-0.05, 0) is 93.3 Å². The number of carbonyl (C=O) groups is 2. The lowest BCUT2D eigenvalue weighted by Gasteiger charge is -2.36. The van der Waals surface area contributed by atoms with Gasteiger partial charge in [-0.3, -0.25) is 9.59 Å². The predicted octanol–water partition coefficient (Wildman–Crippen LogP) is 4.83. The zero-order valence-corrected chi connectivity index (χ0v) is 19.2. The summed E-state index contributed by atoms with van der Waals surface area (Å²) in [4.78, 5) is 29.7. The van der Waals surface area contributed by atoms with E-state index in [1.165, 1.54) is 29.5 Å². The van der Waals surface area contributed by atoms with Crippen LogP contribution in [0.5, 0.6) is 0 Å². The van der Waals surface area contributed by atoms with E-state index >= 15 is 0 Å². The van der Waals surface area contributed by atoms with E-state index in [1.807, 2.05) is 4.90 Å². The first-order chi connectivity index (χ1) is 15.6. The van der Waals surface area contributed by atoms with Crippen molar-refractivity contribution in [2.45, 2.75) is 64.3 Å². The molecule has 3 aliphatic rings. The maximum Gasteiger partial charge on any atom is 0.227 e. The molecule has 0 N–H and O–H groups in total. The second kappa shape index (κ2) is 9.19. The van der Waals surface area contributed by atoms with Gasteiger partial charge in [0.1, 0.15) is 0 Å². The van der Waals surface area contributed by atoms with Crippen molar-refractivity contribution >= 4 is 17.4 Å². The number of hydrogen-bond acceptors (Lipinski definition) is 3. The number of anilines is 1. The average molecular weight is 431 g/mol. The number of likely N-dealkylation sites (tertiary alicyclic amines) is 1. The number of Topliss-reactive ketones (excluding diaryl/α,β-unsaturated/α-hetero) is 1. The number of ketones is 1. The SMILES string of the molecule is CC(Cc1ccccc1)N1CCC(CCC(=O)c2cc3c4c(c2)CCN4C(=O)CC3)CC1. The Bertz CT molecular complexity index is 992. The quantitative estimate of drug-likeness (QED) is 0.591. The van der Waals surface area contributed by atoms with Gasteiger partial charge in [-0.1, -0.05) is 30.3 Å². The van der Waals surface area contributed by atoms with Crippen LogP contribution >= 0.6 is 0 Å². The molecule has 1 unspecified atom stereocenters. The van der Waals surface area contributed by atoms with Crippen LogP contribution in [0.25, 0.3) is 0 Å². The van der Waals surface area contributed by atoms with Crippen molar-refractivity contribution in [3.63, 3.8) is 0 Å². The van der Waals surface area contributed by atoms with Crippen LogP contribution in [-0.2, 0) is 24.1 Å². The van der Waals surface area contributed by atoms with E-state index in [4.69, 9.17) is 0 Å². The fourth-order valence-electron chi connectivity index (χ4n) is 5.87. The Balaban J connectivity index is 1.12. The number of benzene rings is 2. The Labute approximate surface area is 191 Å². The first-order valence-corrected chi connectivity index (χ1v) is 12.4. The maximum atomic E-state index is 13.0. The van der Waals surface area contributed by atoms with Crippen molar-refractivity contribution in [1.29, 1.82) is 0 Å². The molecular formula is C28H34N2O2. The molecule has 4 heteroatoms. The number of hydrogen-bond donors (Lipinski definition) is 0. The summed E-state index contributed by atoms with van der Waals surface area (Å²) < 4.78 is 0. The average Bonchev–Trinajstić information content (AvgIpc) is 3.26. The minimum absolute atomic E-state index is 0.236. The summed E-state index contributed by atoms with van der Waals surface area (Å²) in [6, 6.07) is 15.5. The van der Waals surface area contributed by atoms with E-state index in [1.54, 1.807) is 0 Å². The van der Waals surface area contributed by atoms with Crippen LogP contribution in [0.4, 0.5) is 5.69 Å². The zero-order chi connectivity index (χ0) is 22.1. The van der Waals surface area contributed by atoms with E-state index in [2.05, 4.69) is 54.3 Å². The first-order valence-electron chi connectivity index (χ1n) is 12.4. The highest BCUT2D eigenvalue weighted by molar-refractivity contribution is 6.02. The van der Waals surface area contributed by atoms with Crippen LogP contribution in [0, 0.1) is 5.92 Å². The number of nitrogens with zero attached hydrogens (tertiary/aromatic N) is 2. The third-order valence-electron chi connectivity index (χ3n) is 7.80. The monoisotopic (exact) mass is 430 g/mol. The summed E-state index contributed by atoms with van der Waals surface area (Å²) in [7, 11) is 0. The molecule has 2 aromatic rings. The number of carbonyl (C=O) groups excluding carboxylic acids is 2. The van der Waals surface area contributed by atoms with Gasteiger partial charge >= 0.3 is 0 Å². The third-order valence-corrected chi connectivity index (χ3v) is 7.80. The van der Waals surface area contributed by atoms with Crippen LogP contribution in [0.1, 0.15) is 66.1 Å². The zero-order valence-electron chi connectivity index (χ0n) is 19.2. The van der Waals surface area contributed by atoms with Crippen molar-refractivity contribution in [3.05, 3.63) is 64.7 Å². The molecule has 0 bridgehead atoms. The van der Waals surface area contributed by atoms with Gasteiger partial charge in [0.15, 0.2) is 5.78 Å². The molecular weight excluding hydrogens is 396 g/mol. The molecule has 3 heterocycles. The number of amides is 1. The molecule has 168 valence electrons. The molecule has 0 aromatic heterocycles. The molecule has 5 rings (SSSR count). The number of piperidine rings is 1. The lowest BCUT2D eigenvalue weighted by Crippen LogP contribution is -2.41. The van der Waals surface area contributed by atoms with Crippen molar-refractivity contribution < 1.29 is 9.59 Å². The van der Waals surface area contributed by atoms with Gasteiger partial charge in [-0.2, -0.15) is 0 Å². The molecule has 0 radical (unpaired) electrons. The molecule has 1 amide bonds. The van der Waals surface area contributed by atoms with Crippen molar-refractivity contribution in [3.8, 4) is 0 Å². The second-order valence-electron chi connectivity index (χ2n) is 9.92. The first kappa shape index (κ1) is 21.4. The molecule has 0 aliphatic carbocycles. The minimum atomic E-state index is 0.236. The van der Waals surface area contributed by atoms with Gasteiger partial charge in [0.25, 0.3) is 0 Å². The summed E-state index contributed by atoms with van der Waals surface area (Å²) in [6.07, 6.45) is 7.37. The summed E-state index contributed by atoms with van der Waals surface area (Å²) in [5.74, 6) is 1.17. The fraction of sp³-hybridized carbons (Fsp3) is 0.500. The van der Waals surface area contributed by atoms with Crippen LogP contribution in [-0.4, -0.2) is 42.3 Å². The standard InChI is InChI=1S/C28H34N2O2/c1-20(17-22-5-3-2-4-6-22)29-14-11-21(12-15-29)7-9-26(31)25-18-23-8-10-27(32)30-16-13-24(19-25)28(23)30/h2-6,18-21H,7-17H2,1H3. The normalized spacial score (nSPS) is 19.8. The van der Waals surface area contributed by atoms with E-state index < -0.39 is 0 Å². The molecule has 2 aromatic carbocycles. The van der Waals surface area contributed by atoms with Crippen molar-refractivity contribution in [2.75, 3.05) is 24.5 Å². The summed E-state index contributed by atoms with van der Waals surface area (Å²) >= 11 is 0. The van der Waals surface area contributed by atoms with Crippen molar-refractivity contribution in [2.24, 2.45) is 5.92 Å². The molecule has 4 nitrogen and oxygen atoms in total. The van der Waals surface area contributed by atoms with E-state index in [0.717, 1.165) is 56.6 Å². The lowest BCUT2D eigenvalue weighted by molar-refractivity contribution is -0.118. The molecule has 32 heavy (non-hydrogen) atoms. The Hall–Kier alpha value is -2.46. The molecule has 1 saturated heterocycles. The summed E-state index contributed by atoms with van der Waals surface area (Å²) in [5.41, 5.74) is 5.77. The lowest BCUT2D eigenvalue weighted by atomic mass is 9.88. The number of aryl methyl sites for hydroxylation is 1. The van der Waals surface area contributed by atoms with Gasteiger partial charge in [0.05, 0.1) is 5.69 Å². The van der Waals surface area contributed by atoms with E-state index in [0.29, 0.717) is 24.8 Å². The van der Waals surface area contributed by atoms with Crippen LogP contribution < -0.4 is 4.90 Å². The topological polar surface area (TPSA) is 40.6 Å². The number of rotatable bonds is 7. The van der Waals surface area contributed by atoms with Gasteiger partial charge in [0, 0.05) is 31.0 Å². The third kappa shape index (κ3) is 4.38. The molecule has 1 fully saturated rings. The Morgan fingerprint density at radius 2 is 1.72 bits per heavy atom. The minimum Gasteiger partial charge on any atom is -0.312 e.